The zero-order chi connectivity index (χ0) is 9.61. The van der Waals surface area contributed by atoms with E-state index in [0.29, 0.717) is 12.4 Å². The van der Waals surface area contributed by atoms with Crippen molar-refractivity contribution in [3.05, 3.63) is 0 Å². The van der Waals surface area contributed by atoms with Gasteiger partial charge in [-0.05, 0) is 7.05 Å². The molecule has 0 saturated heterocycles. The number of ether oxygens (including phenoxy) is 1. The van der Waals surface area contributed by atoms with E-state index in [1.807, 2.05) is 0 Å². The number of halogens is 4. The molecule has 6 heteroatoms. The van der Waals surface area contributed by atoms with Crippen molar-refractivity contribution in [3.63, 3.8) is 0 Å². The molecule has 0 saturated carbocycles. The van der Waals surface area contributed by atoms with E-state index in [0.717, 1.165) is 0 Å². The monoisotopic (exact) mass is 205 g/mol. The predicted octanol–water partition coefficient (Wildman–Crippen LogP) is 1.69. The second-order valence-corrected chi connectivity index (χ2v) is 2.66. The number of hydrogen-bond acceptors (Lipinski definition) is 2. The number of nitrogens with zero attached hydrogens (tertiary/aromatic N) is 1. The molecule has 0 spiro atoms. The van der Waals surface area contributed by atoms with Crippen molar-refractivity contribution < 1.29 is 17.9 Å². The Hall–Kier alpha value is -0.0000000000000000555. The van der Waals surface area contributed by atoms with Gasteiger partial charge in [0.15, 0.2) is 0 Å². The summed E-state index contributed by atoms with van der Waals surface area (Å²) >= 11 is 5.36. The first kappa shape index (κ1) is 12.0. The van der Waals surface area contributed by atoms with Gasteiger partial charge in [0.2, 0.25) is 0 Å². The average molecular weight is 206 g/mol. The molecule has 0 aromatic carbocycles. The number of hydrogen-bond donors (Lipinski definition) is 0. The average Bonchev–Trinajstić information content (AvgIpc) is 1.84. The molecule has 0 aliphatic carbocycles. The maximum Gasteiger partial charge on any atom is 0.522 e. The molecule has 0 heterocycles. The normalized spacial score (nSPS) is 12.5. The number of alkyl halides is 4. The van der Waals surface area contributed by atoms with Crippen LogP contribution in [0.15, 0.2) is 0 Å². The van der Waals surface area contributed by atoms with Gasteiger partial charge in [-0.1, -0.05) is 0 Å². The maximum atomic E-state index is 11.4. The summed E-state index contributed by atoms with van der Waals surface area (Å²) in [4.78, 5) is 1.67. The lowest BCUT2D eigenvalue weighted by atomic mass is 10.5. The van der Waals surface area contributed by atoms with Crippen molar-refractivity contribution in [1.82, 2.24) is 4.90 Å². The Balaban J connectivity index is 3.31. The Morgan fingerprint density at radius 2 is 1.92 bits per heavy atom. The summed E-state index contributed by atoms with van der Waals surface area (Å²) in [5, 5.41) is 0. The summed E-state index contributed by atoms with van der Waals surface area (Å²) in [6, 6.07) is 0. The highest BCUT2D eigenvalue weighted by Gasteiger charge is 2.28. The Morgan fingerprint density at radius 3 is 2.33 bits per heavy atom. The lowest BCUT2D eigenvalue weighted by Gasteiger charge is -2.15. The van der Waals surface area contributed by atoms with E-state index in [9.17, 15) is 13.2 Å². The minimum Gasteiger partial charge on any atom is -0.303 e. The quantitative estimate of drug-likeness (QED) is 0.634. The van der Waals surface area contributed by atoms with Crippen molar-refractivity contribution >= 4 is 11.6 Å². The molecule has 12 heavy (non-hydrogen) atoms. The lowest BCUT2D eigenvalue weighted by Crippen LogP contribution is -2.27. The fraction of sp³-hybridized carbons (Fsp3) is 1.00. The van der Waals surface area contributed by atoms with Crippen molar-refractivity contribution in [2.24, 2.45) is 0 Å². The van der Waals surface area contributed by atoms with Crippen LogP contribution >= 0.6 is 11.6 Å². The molecule has 74 valence electrons. The summed E-state index contributed by atoms with van der Waals surface area (Å²) < 4.78 is 37.8. The predicted molar refractivity (Wildman–Crippen MR) is 40.2 cm³/mol. The third kappa shape index (κ3) is 8.10. The summed E-state index contributed by atoms with van der Waals surface area (Å²) in [5.41, 5.74) is 0. The molecule has 0 fully saturated rings. The van der Waals surface area contributed by atoms with Crippen molar-refractivity contribution in [1.29, 1.82) is 0 Å². The summed E-state index contributed by atoms with van der Waals surface area (Å²) in [5.74, 6) is 0.405. The lowest BCUT2D eigenvalue weighted by molar-refractivity contribution is -0.324. The van der Waals surface area contributed by atoms with Crippen LogP contribution < -0.4 is 0 Å². The van der Waals surface area contributed by atoms with Gasteiger partial charge in [-0.15, -0.1) is 24.8 Å². The van der Waals surface area contributed by atoms with Gasteiger partial charge in [-0.25, -0.2) is 0 Å². The van der Waals surface area contributed by atoms with Crippen LogP contribution in [0.25, 0.3) is 0 Å². The highest BCUT2D eigenvalue weighted by Crippen LogP contribution is 2.15. The molecule has 0 aliphatic heterocycles. The zero-order valence-electron chi connectivity index (χ0n) is 6.70. The standard InChI is InChI=1S/C6H11ClF3NO/c1-11(3-2-7)4-5-12-6(8,9)10/h2-5H2,1H3. The number of likely N-dealkylation sites (N-methyl/N-ethyl adjacent to an activating group) is 1. The van der Waals surface area contributed by atoms with E-state index in [4.69, 9.17) is 11.6 Å². The van der Waals surface area contributed by atoms with Gasteiger partial charge in [-0.2, -0.15) is 0 Å². The molecule has 0 aromatic heterocycles. The van der Waals surface area contributed by atoms with Gasteiger partial charge in [0, 0.05) is 19.0 Å². The Morgan fingerprint density at radius 1 is 1.33 bits per heavy atom. The van der Waals surface area contributed by atoms with Crippen LogP contribution in [0.3, 0.4) is 0 Å². The van der Waals surface area contributed by atoms with Crippen molar-refractivity contribution in [2.45, 2.75) is 6.36 Å². The molecule has 0 aliphatic rings. The van der Waals surface area contributed by atoms with Crippen LogP contribution in [0.5, 0.6) is 0 Å². The molecule has 0 amide bonds. The first-order valence-corrected chi connectivity index (χ1v) is 3.94. The third-order valence-corrected chi connectivity index (χ3v) is 1.37. The molecule has 0 radical (unpaired) electrons. The SMILES string of the molecule is CN(CCCl)CCOC(F)(F)F. The molecular weight excluding hydrogens is 195 g/mol. The van der Waals surface area contributed by atoms with Gasteiger partial charge < -0.3 is 4.90 Å². The topological polar surface area (TPSA) is 12.5 Å². The van der Waals surface area contributed by atoms with Crippen molar-refractivity contribution in [3.8, 4) is 0 Å². The van der Waals surface area contributed by atoms with E-state index in [-0.39, 0.29) is 13.2 Å². The molecule has 0 aromatic rings. The molecule has 0 rings (SSSR count). The van der Waals surface area contributed by atoms with E-state index in [1.54, 1.807) is 11.9 Å². The zero-order valence-corrected chi connectivity index (χ0v) is 7.45. The number of rotatable bonds is 5. The van der Waals surface area contributed by atoms with E-state index >= 15 is 0 Å². The maximum absolute atomic E-state index is 11.4. The largest absolute Gasteiger partial charge is 0.522 e. The Labute approximate surface area is 74.2 Å². The molecular formula is C6H11ClF3NO. The molecule has 0 bridgehead atoms. The highest BCUT2D eigenvalue weighted by molar-refractivity contribution is 6.18. The van der Waals surface area contributed by atoms with Crippen LogP contribution in [0.4, 0.5) is 13.2 Å². The van der Waals surface area contributed by atoms with Crippen LogP contribution in [0, 0.1) is 0 Å². The second kappa shape index (κ2) is 5.61. The van der Waals surface area contributed by atoms with Gasteiger partial charge >= 0.3 is 6.36 Å². The first-order chi connectivity index (χ1) is 5.45. The summed E-state index contributed by atoms with van der Waals surface area (Å²) in [6.45, 7) is 0.436. The van der Waals surface area contributed by atoms with Gasteiger partial charge in [0.05, 0.1) is 6.61 Å². The fourth-order valence-electron chi connectivity index (χ4n) is 0.573. The van der Waals surface area contributed by atoms with E-state index in [1.165, 1.54) is 0 Å². The smallest absolute Gasteiger partial charge is 0.303 e. The molecule has 2 nitrogen and oxygen atoms in total. The van der Waals surface area contributed by atoms with Crippen LogP contribution in [-0.2, 0) is 4.74 Å². The van der Waals surface area contributed by atoms with Crippen LogP contribution in [0.1, 0.15) is 0 Å². The molecule has 0 N–H and O–H groups in total. The van der Waals surface area contributed by atoms with Gasteiger partial charge in [0.25, 0.3) is 0 Å². The summed E-state index contributed by atoms with van der Waals surface area (Å²) in [6.07, 6.45) is -4.53. The third-order valence-electron chi connectivity index (χ3n) is 1.20. The van der Waals surface area contributed by atoms with Gasteiger partial charge in [-0.3, -0.25) is 4.74 Å². The minimum atomic E-state index is -4.53. The van der Waals surface area contributed by atoms with Crippen LogP contribution in [-0.4, -0.2) is 43.9 Å². The van der Waals surface area contributed by atoms with Gasteiger partial charge in [0.1, 0.15) is 0 Å². The van der Waals surface area contributed by atoms with Crippen molar-refractivity contribution in [2.75, 3.05) is 32.6 Å². The van der Waals surface area contributed by atoms with Crippen LogP contribution in [0.2, 0.25) is 0 Å². The first-order valence-electron chi connectivity index (χ1n) is 3.41. The Kier molecular flexibility index (Phi) is 5.61. The van der Waals surface area contributed by atoms with E-state index < -0.39 is 6.36 Å². The molecule has 0 atom stereocenters. The highest BCUT2D eigenvalue weighted by atomic mass is 35.5. The van der Waals surface area contributed by atoms with E-state index in [2.05, 4.69) is 4.74 Å². The molecule has 0 unspecified atom stereocenters. The second-order valence-electron chi connectivity index (χ2n) is 2.29. The summed E-state index contributed by atoms with van der Waals surface area (Å²) in [7, 11) is 1.68. The fourth-order valence-corrected chi connectivity index (χ4v) is 0.862. The minimum absolute atomic E-state index is 0.228. The Bertz CT molecular complexity index is 120.